The second-order valence-corrected chi connectivity index (χ2v) is 6.20. The van der Waals surface area contributed by atoms with Crippen molar-refractivity contribution in [1.29, 1.82) is 0 Å². The van der Waals surface area contributed by atoms with Crippen LogP contribution in [0.1, 0.15) is 61.1 Å². The molecular weight excluding hydrogens is 300 g/mol. The Balaban J connectivity index is 2.10. The van der Waals surface area contributed by atoms with Gasteiger partial charge in [-0.3, -0.25) is 4.40 Å². The van der Waals surface area contributed by atoms with Crippen molar-refractivity contribution in [3.8, 4) is 0 Å². The van der Waals surface area contributed by atoms with E-state index in [1.165, 1.54) is 31.0 Å². The van der Waals surface area contributed by atoms with Crippen molar-refractivity contribution in [1.82, 2.24) is 19.6 Å². The summed E-state index contributed by atoms with van der Waals surface area (Å²) in [6.45, 7) is 2.12. The summed E-state index contributed by atoms with van der Waals surface area (Å²) in [5.41, 5.74) is 0.938. The Kier molecular flexibility index (Phi) is 4.61. The average Bonchev–Trinajstić information content (AvgIpc) is 3.00. The molecule has 0 spiro atoms. The van der Waals surface area contributed by atoms with Gasteiger partial charge in [0.1, 0.15) is 11.4 Å². The lowest BCUT2D eigenvalue weighted by Crippen LogP contribution is -2.13. The van der Waals surface area contributed by atoms with Gasteiger partial charge in [-0.05, 0) is 26.0 Å². The van der Waals surface area contributed by atoms with Gasteiger partial charge in [0.2, 0.25) is 0 Å². The highest BCUT2D eigenvalue weighted by Gasteiger charge is 2.25. The summed E-state index contributed by atoms with van der Waals surface area (Å²) in [5.74, 6) is 0.932. The topological polar surface area (TPSA) is 69.4 Å². The van der Waals surface area contributed by atoms with Crippen LogP contribution in [0.3, 0.4) is 0 Å². The normalized spacial score (nSPS) is 16.1. The van der Waals surface area contributed by atoms with Gasteiger partial charge < -0.3 is 4.74 Å². The molecule has 0 amide bonds. The summed E-state index contributed by atoms with van der Waals surface area (Å²) < 4.78 is 7.03. The largest absolute Gasteiger partial charge is 0.462 e. The van der Waals surface area contributed by atoms with Gasteiger partial charge in [-0.25, -0.2) is 9.78 Å². The Bertz CT molecular complexity index is 679. The number of ether oxygens (including phenoxy) is 1. The molecule has 3 rings (SSSR count). The maximum Gasteiger partial charge on any atom is 0.343 e. The third kappa shape index (κ3) is 2.69. The number of rotatable bonds is 4. The summed E-state index contributed by atoms with van der Waals surface area (Å²) in [4.78, 5) is 16.5. The lowest BCUT2D eigenvalue weighted by Gasteiger charge is -2.20. The summed E-state index contributed by atoms with van der Waals surface area (Å²) >= 11 is 1.53. The van der Waals surface area contributed by atoms with Gasteiger partial charge in [-0.2, -0.15) is 0 Å². The smallest absolute Gasteiger partial charge is 0.343 e. The van der Waals surface area contributed by atoms with Crippen LogP contribution >= 0.6 is 11.8 Å². The monoisotopic (exact) mass is 320 g/mol. The molecule has 0 aliphatic heterocycles. The second kappa shape index (κ2) is 6.64. The van der Waals surface area contributed by atoms with Gasteiger partial charge in [0.05, 0.1) is 6.61 Å². The van der Waals surface area contributed by atoms with Gasteiger partial charge in [-0.1, -0.05) is 31.0 Å². The Labute approximate surface area is 133 Å². The van der Waals surface area contributed by atoms with E-state index in [9.17, 15) is 4.79 Å². The van der Waals surface area contributed by atoms with E-state index >= 15 is 0 Å². The Morgan fingerprint density at radius 1 is 1.36 bits per heavy atom. The van der Waals surface area contributed by atoms with Gasteiger partial charge in [0.15, 0.2) is 10.8 Å². The van der Waals surface area contributed by atoms with Gasteiger partial charge in [0, 0.05) is 12.1 Å². The first-order valence-electron chi connectivity index (χ1n) is 7.71. The minimum absolute atomic E-state index is 0.332. The van der Waals surface area contributed by atoms with Gasteiger partial charge in [0.25, 0.3) is 0 Å². The highest BCUT2D eigenvalue weighted by Crippen LogP contribution is 2.33. The van der Waals surface area contributed by atoms with Crippen LogP contribution in [0.25, 0.3) is 5.65 Å². The van der Waals surface area contributed by atoms with Gasteiger partial charge >= 0.3 is 5.97 Å². The molecular formula is C15H20N4O2S. The number of thioether (sulfide) groups is 1. The molecule has 7 heteroatoms. The van der Waals surface area contributed by atoms with Crippen LogP contribution in [0.15, 0.2) is 11.4 Å². The number of hydrogen-bond acceptors (Lipinski definition) is 6. The van der Waals surface area contributed by atoms with E-state index in [0.29, 0.717) is 23.7 Å². The van der Waals surface area contributed by atoms with Crippen molar-refractivity contribution in [3.63, 3.8) is 0 Å². The fraction of sp³-hybridized carbons (Fsp3) is 0.600. The molecule has 6 nitrogen and oxygen atoms in total. The SMILES string of the molecule is CCOC(=O)c1cnc(SC)n2c(C3CCCCC3)nnc12. The van der Waals surface area contributed by atoms with Crippen molar-refractivity contribution in [2.75, 3.05) is 12.9 Å². The Morgan fingerprint density at radius 2 is 2.14 bits per heavy atom. The number of carbonyl (C=O) groups is 1. The fourth-order valence-electron chi connectivity index (χ4n) is 3.02. The first kappa shape index (κ1) is 15.3. The minimum Gasteiger partial charge on any atom is -0.462 e. The number of nitrogens with zero attached hydrogens (tertiary/aromatic N) is 4. The summed E-state index contributed by atoms with van der Waals surface area (Å²) in [6, 6.07) is 0. The van der Waals surface area contributed by atoms with E-state index in [2.05, 4.69) is 15.2 Å². The van der Waals surface area contributed by atoms with Crippen LogP contribution in [0.5, 0.6) is 0 Å². The Morgan fingerprint density at radius 3 is 2.82 bits per heavy atom. The number of fused-ring (bicyclic) bond motifs is 1. The highest BCUT2D eigenvalue weighted by atomic mass is 32.2. The molecule has 0 N–H and O–H groups in total. The van der Waals surface area contributed by atoms with E-state index in [1.54, 1.807) is 13.1 Å². The maximum atomic E-state index is 12.1. The molecule has 22 heavy (non-hydrogen) atoms. The molecule has 1 aliphatic rings. The lowest BCUT2D eigenvalue weighted by atomic mass is 9.89. The van der Waals surface area contributed by atoms with Crippen LogP contribution < -0.4 is 0 Å². The van der Waals surface area contributed by atoms with Crippen molar-refractivity contribution in [2.24, 2.45) is 0 Å². The molecule has 1 fully saturated rings. The predicted molar refractivity (Wildman–Crippen MR) is 84.3 cm³/mol. The molecule has 1 saturated carbocycles. The fourth-order valence-corrected chi connectivity index (χ4v) is 3.54. The highest BCUT2D eigenvalue weighted by molar-refractivity contribution is 7.98. The molecule has 0 radical (unpaired) electrons. The van der Waals surface area contributed by atoms with Crippen LogP contribution in [0.2, 0.25) is 0 Å². The molecule has 2 aromatic heterocycles. The zero-order chi connectivity index (χ0) is 15.5. The second-order valence-electron chi connectivity index (χ2n) is 5.43. The zero-order valence-corrected chi connectivity index (χ0v) is 13.7. The average molecular weight is 320 g/mol. The standard InChI is InChI=1S/C15H20N4O2S/c1-3-21-14(20)11-9-16-15(22-2)19-12(17-18-13(11)19)10-7-5-4-6-8-10/h9-10H,3-8H2,1-2H3. The lowest BCUT2D eigenvalue weighted by molar-refractivity contribution is 0.0527. The van der Waals surface area contributed by atoms with Crippen LogP contribution in [-0.2, 0) is 4.74 Å². The molecule has 0 unspecified atom stereocenters. The van der Waals surface area contributed by atoms with Gasteiger partial charge in [-0.15, -0.1) is 10.2 Å². The van der Waals surface area contributed by atoms with Crippen molar-refractivity contribution < 1.29 is 9.53 Å². The first-order chi connectivity index (χ1) is 10.8. The van der Waals surface area contributed by atoms with E-state index < -0.39 is 5.97 Å². The summed E-state index contributed by atoms with van der Waals surface area (Å²) in [5, 5.41) is 9.46. The van der Waals surface area contributed by atoms with E-state index in [4.69, 9.17) is 4.74 Å². The van der Waals surface area contributed by atoms with Crippen LogP contribution in [0, 0.1) is 0 Å². The predicted octanol–water partition coefficient (Wildman–Crippen LogP) is 3.07. The zero-order valence-electron chi connectivity index (χ0n) is 12.9. The van der Waals surface area contributed by atoms with Crippen LogP contribution in [0.4, 0.5) is 0 Å². The van der Waals surface area contributed by atoms with Crippen LogP contribution in [-0.4, -0.2) is 38.4 Å². The quantitative estimate of drug-likeness (QED) is 0.490. The molecule has 2 heterocycles. The minimum atomic E-state index is -0.393. The number of carbonyl (C=O) groups excluding carboxylic acids is 1. The van der Waals surface area contributed by atoms with Crippen molar-refractivity contribution >= 4 is 23.4 Å². The summed E-state index contributed by atoms with van der Waals surface area (Å²) in [7, 11) is 0. The van der Waals surface area contributed by atoms with E-state index in [1.807, 2.05) is 10.7 Å². The number of aromatic nitrogens is 4. The molecule has 2 aromatic rings. The summed E-state index contributed by atoms with van der Waals surface area (Å²) in [6.07, 6.45) is 9.48. The number of esters is 1. The van der Waals surface area contributed by atoms with Crippen molar-refractivity contribution in [2.45, 2.75) is 50.1 Å². The number of hydrogen-bond donors (Lipinski definition) is 0. The molecule has 0 atom stereocenters. The molecule has 118 valence electrons. The van der Waals surface area contributed by atoms with E-state index in [-0.39, 0.29) is 0 Å². The first-order valence-corrected chi connectivity index (χ1v) is 8.93. The molecule has 1 aliphatic carbocycles. The van der Waals surface area contributed by atoms with E-state index in [0.717, 1.165) is 23.8 Å². The molecule has 0 aromatic carbocycles. The molecule has 0 bridgehead atoms. The molecule has 0 saturated heterocycles. The maximum absolute atomic E-state index is 12.1. The third-order valence-electron chi connectivity index (χ3n) is 4.07. The Hall–Kier alpha value is -1.63. The third-order valence-corrected chi connectivity index (χ3v) is 4.73. The van der Waals surface area contributed by atoms with Crippen molar-refractivity contribution in [3.05, 3.63) is 17.6 Å².